The van der Waals surface area contributed by atoms with Crippen LogP contribution in [0.25, 0.3) is 10.9 Å². The maximum Gasteiger partial charge on any atom is 0.272 e. The van der Waals surface area contributed by atoms with E-state index >= 15 is 0 Å². The molecule has 2 heterocycles. The van der Waals surface area contributed by atoms with Crippen LogP contribution in [0.2, 0.25) is 0 Å². The van der Waals surface area contributed by atoms with E-state index in [1.807, 2.05) is 58.3 Å². The average Bonchev–Trinajstić information content (AvgIpc) is 3.59. The Labute approximate surface area is 170 Å². The Balaban J connectivity index is 1.20. The summed E-state index contributed by atoms with van der Waals surface area (Å²) in [6.45, 7) is 2.30. The van der Waals surface area contributed by atoms with Crippen molar-refractivity contribution in [1.29, 1.82) is 0 Å². The van der Waals surface area contributed by atoms with Crippen LogP contribution < -0.4 is 0 Å². The third kappa shape index (κ3) is 3.48. The zero-order chi connectivity index (χ0) is 19.8. The number of pyridine rings is 1. The van der Waals surface area contributed by atoms with Gasteiger partial charge in [0.05, 0.1) is 5.52 Å². The van der Waals surface area contributed by atoms with Crippen molar-refractivity contribution in [1.82, 2.24) is 14.8 Å². The second-order valence-corrected chi connectivity index (χ2v) is 7.87. The molecule has 0 radical (unpaired) electrons. The Hall–Kier alpha value is -3.21. The van der Waals surface area contributed by atoms with Gasteiger partial charge in [-0.2, -0.15) is 0 Å². The molecular formula is C24H23N3O2. The minimum atomic E-state index is -0.0589. The van der Waals surface area contributed by atoms with Gasteiger partial charge in [-0.05, 0) is 30.0 Å². The van der Waals surface area contributed by atoms with Crippen LogP contribution in [0, 0.1) is 5.92 Å². The van der Waals surface area contributed by atoms with E-state index in [1.54, 1.807) is 6.07 Å². The smallest absolute Gasteiger partial charge is 0.272 e. The molecule has 2 atom stereocenters. The lowest BCUT2D eigenvalue weighted by atomic mass is 10.1. The van der Waals surface area contributed by atoms with Gasteiger partial charge in [0.15, 0.2) is 0 Å². The fourth-order valence-electron chi connectivity index (χ4n) is 4.25. The maximum atomic E-state index is 12.9. The second-order valence-electron chi connectivity index (χ2n) is 7.87. The summed E-state index contributed by atoms with van der Waals surface area (Å²) in [6, 6.07) is 21.8. The SMILES string of the molecule is O=C(c1ccc2ccccc2n1)N1CCN(C(=O)C2CC2c2ccccc2)CC1. The minimum Gasteiger partial charge on any atom is -0.339 e. The van der Waals surface area contributed by atoms with Crippen LogP contribution in [0.1, 0.15) is 28.4 Å². The summed E-state index contributed by atoms with van der Waals surface area (Å²) in [6.07, 6.45) is 0.934. The van der Waals surface area contributed by atoms with Crippen molar-refractivity contribution >= 4 is 22.7 Å². The van der Waals surface area contributed by atoms with Crippen LogP contribution in [0.5, 0.6) is 0 Å². The van der Waals surface area contributed by atoms with Gasteiger partial charge in [0, 0.05) is 37.5 Å². The number of carbonyl (C=O) groups excluding carboxylic acids is 2. The monoisotopic (exact) mass is 385 g/mol. The molecule has 0 spiro atoms. The number of hydrogen-bond donors (Lipinski definition) is 0. The first kappa shape index (κ1) is 17.9. The number of aromatic nitrogens is 1. The molecule has 1 aliphatic heterocycles. The molecule has 0 N–H and O–H groups in total. The van der Waals surface area contributed by atoms with Crippen molar-refractivity contribution in [3.8, 4) is 0 Å². The molecule has 146 valence electrons. The van der Waals surface area contributed by atoms with Crippen molar-refractivity contribution in [3.05, 3.63) is 78.0 Å². The molecule has 2 aliphatic rings. The predicted octanol–water partition coefficient (Wildman–Crippen LogP) is 3.32. The highest BCUT2D eigenvalue weighted by atomic mass is 16.2. The molecule has 1 saturated carbocycles. The molecule has 2 amide bonds. The van der Waals surface area contributed by atoms with Gasteiger partial charge < -0.3 is 9.80 Å². The Bertz CT molecular complexity index is 1060. The van der Waals surface area contributed by atoms with E-state index < -0.39 is 0 Å². The van der Waals surface area contributed by atoms with Crippen molar-refractivity contribution in [3.63, 3.8) is 0 Å². The number of para-hydroxylation sites is 1. The van der Waals surface area contributed by atoms with Gasteiger partial charge in [0.2, 0.25) is 5.91 Å². The number of benzene rings is 2. The number of fused-ring (bicyclic) bond motifs is 1. The number of piperazine rings is 1. The van der Waals surface area contributed by atoms with Crippen LogP contribution in [0.15, 0.2) is 66.7 Å². The summed E-state index contributed by atoms with van der Waals surface area (Å²) in [4.78, 5) is 34.0. The normalized spacial score (nSPS) is 21.2. The van der Waals surface area contributed by atoms with Crippen LogP contribution in [-0.4, -0.2) is 52.8 Å². The van der Waals surface area contributed by atoms with Crippen LogP contribution >= 0.6 is 0 Å². The van der Waals surface area contributed by atoms with E-state index in [4.69, 9.17) is 0 Å². The number of amides is 2. The van der Waals surface area contributed by atoms with E-state index in [1.165, 1.54) is 5.56 Å². The first-order valence-corrected chi connectivity index (χ1v) is 10.2. The number of hydrogen-bond acceptors (Lipinski definition) is 3. The first-order valence-electron chi connectivity index (χ1n) is 10.2. The second kappa shape index (κ2) is 7.32. The average molecular weight is 385 g/mol. The first-order chi connectivity index (χ1) is 14.2. The predicted molar refractivity (Wildman–Crippen MR) is 112 cm³/mol. The van der Waals surface area contributed by atoms with Crippen molar-refractivity contribution < 1.29 is 9.59 Å². The molecular weight excluding hydrogens is 362 g/mol. The topological polar surface area (TPSA) is 53.5 Å². The molecule has 2 fully saturated rings. The number of rotatable bonds is 3. The lowest BCUT2D eigenvalue weighted by Crippen LogP contribution is -2.51. The van der Waals surface area contributed by atoms with Gasteiger partial charge in [0.25, 0.3) is 5.91 Å². The van der Waals surface area contributed by atoms with Gasteiger partial charge in [-0.1, -0.05) is 54.6 Å². The molecule has 1 saturated heterocycles. The van der Waals surface area contributed by atoms with Gasteiger partial charge in [0.1, 0.15) is 5.69 Å². The summed E-state index contributed by atoms with van der Waals surface area (Å²) < 4.78 is 0. The Morgan fingerprint density at radius 3 is 2.28 bits per heavy atom. The highest BCUT2D eigenvalue weighted by Crippen LogP contribution is 2.48. The van der Waals surface area contributed by atoms with E-state index in [0.717, 1.165) is 17.3 Å². The molecule has 3 aromatic rings. The van der Waals surface area contributed by atoms with Gasteiger partial charge >= 0.3 is 0 Å². The zero-order valence-electron chi connectivity index (χ0n) is 16.2. The summed E-state index contributed by atoms with van der Waals surface area (Å²) >= 11 is 0. The van der Waals surface area contributed by atoms with Crippen LogP contribution in [0.4, 0.5) is 0 Å². The molecule has 5 rings (SSSR count). The van der Waals surface area contributed by atoms with E-state index in [2.05, 4.69) is 17.1 Å². The highest BCUT2D eigenvalue weighted by molar-refractivity contribution is 5.95. The number of carbonyl (C=O) groups is 2. The van der Waals surface area contributed by atoms with Crippen molar-refractivity contribution in [2.24, 2.45) is 5.92 Å². The van der Waals surface area contributed by atoms with Crippen LogP contribution in [0.3, 0.4) is 0 Å². The van der Waals surface area contributed by atoms with Gasteiger partial charge in [-0.15, -0.1) is 0 Å². The largest absolute Gasteiger partial charge is 0.339 e. The molecule has 5 nitrogen and oxygen atoms in total. The summed E-state index contributed by atoms with van der Waals surface area (Å²) in [5.41, 5.74) is 2.55. The van der Waals surface area contributed by atoms with E-state index in [9.17, 15) is 9.59 Å². The molecule has 2 aromatic carbocycles. The van der Waals surface area contributed by atoms with Gasteiger partial charge in [-0.25, -0.2) is 4.98 Å². The number of nitrogens with zero attached hydrogens (tertiary/aromatic N) is 3. The summed E-state index contributed by atoms with van der Waals surface area (Å²) in [5, 5.41) is 1.02. The van der Waals surface area contributed by atoms with E-state index in [0.29, 0.717) is 37.8 Å². The standard InChI is InChI=1S/C24H23N3O2/c28-23(20-16-19(20)17-6-2-1-3-7-17)26-12-14-27(15-13-26)24(29)22-11-10-18-8-4-5-9-21(18)25-22/h1-11,19-20H,12-16H2. The molecule has 0 bridgehead atoms. The lowest BCUT2D eigenvalue weighted by Gasteiger charge is -2.34. The molecule has 1 aromatic heterocycles. The third-order valence-corrected chi connectivity index (χ3v) is 6.03. The molecule has 5 heteroatoms. The fraction of sp³-hybridized carbons (Fsp3) is 0.292. The van der Waals surface area contributed by atoms with Crippen molar-refractivity contribution in [2.75, 3.05) is 26.2 Å². The van der Waals surface area contributed by atoms with E-state index in [-0.39, 0.29) is 17.7 Å². The minimum absolute atomic E-state index is 0.0589. The Kier molecular flexibility index (Phi) is 4.51. The molecule has 29 heavy (non-hydrogen) atoms. The summed E-state index contributed by atoms with van der Waals surface area (Å²) in [7, 11) is 0. The fourth-order valence-corrected chi connectivity index (χ4v) is 4.25. The van der Waals surface area contributed by atoms with Crippen LogP contribution in [-0.2, 0) is 4.79 Å². The highest BCUT2D eigenvalue weighted by Gasteiger charge is 2.46. The maximum absolute atomic E-state index is 12.9. The quantitative estimate of drug-likeness (QED) is 0.695. The summed E-state index contributed by atoms with van der Waals surface area (Å²) in [5.74, 6) is 0.623. The zero-order valence-corrected chi connectivity index (χ0v) is 16.2. The van der Waals surface area contributed by atoms with Crippen molar-refractivity contribution in [2.45, 2.75) is 12.3 Å². The van der Waals surface area contributed by atoms with Gasteiger partial charge in [-0.3, -0.25) is 9.59 Å². The molecule has 2 unspecified atom stereocenters. The Morgan fingerprint density at radius 1 is 0.793 bits per heavy atom. The molecule has 1 aliphatic carbocycles. The Morgan fingerprint density at radius 2 is 1.48 bits per heavy atom. The third-order valence-electron chi connectivity index (χ3n) is 6.03. The lowest BCUT2D eigenvalue weighted by molar-refractivity contribution is -0.134.